The van der Waals surface area contributed by atoms with E-state index in [2.05, 4.69) is 0 Å². The lowest BCUT2D eigenvalue weighted by Crippen LogP contribution is -2.18. The van der Waals surface area contributed by atoms with Crippen LogP contribution in [0.5, 0.6) is 0 Å². The lowest BCUT2D eigenvalue weighted by Gasteiger charge is -2.30. The number of hydrogen-bond donors (Lipinski definition) is 1. The molecule has 1 aromatic heterocycles. The minimum atomic E-state index is -4.44. The fraction of sp³-hybridized carbons (Fsp3) is 0.346. The van der Waals surface area contributed by atoms with E-state index < -0.39 is 29.0 Å². The molecule has 1 aliphatic rings. The van der Waals surface area contributed by atoms with Crippen LogP contribution in [0, 0.1) is 5.82 Å². The Labute approximate surface area is 195 Å². The molecule has 3 aromatic rings. The number of rotatable bonds is 4. The monoisotopic (exact) mass is 477 g/mol. The molecule has 7 heteroatoms. The first-order chi connectivity index (χ1) is 15.6. The van der Waals surface area contributed by atoms with Gasteiger partial charge in [0.05, 0.1) is 17.0 Å². The summed E-state index contributed by atoms with van der Waals surface area (Å²) in [7, 11) is 0. The van der Waals surface area contributed by atoms with Gasteiger partial charge in [0.25, 0.3) is 0 Å². The van der Waals surface area contributed by atoms with Crippen molar-refractivity contribution in [2.45, 2.75) is 56.7 Å². The van der Waals surface area contributed by atoms with E-state index in [1.807, 2.05) is 13.8 Å². The van der Waals surface area contributed by atoms with Crippen molar-refractivity contribution in [3.63, 3.8) is 0 Å². The van der Waals surface area contributed by atoms with Crippen molar-refractivity contribution < 1.29 is 22.7 Å². The van der Waals surface area contributed by atoms with Gasteiger partial charge in [0.15, 0.2) is 0 Å². The average Bonchev–Trinajstić information content (AvgIpc) is 2.77. The van der Waals surface area contributed by atoms with Gasteiger partial charge in [-0.15, -0.1) is 11.6 Å². The highest BCUT2D eigenvalue weighted by molar-refractivity contribution is 6.23. The number of pyridine rings is 1. The fourth-order valence-electron chi connectivity index (χ4n) is 4.47. The van der Waals surface area contributed by atoms with Crippen LogP contribution in [-0.2, 0) is 12.6 Å². The highest BCUT2D eigenvalue weighted by Crippen LogP contribution is 2.46. The van der Waals surface area contributed by atoms with Gasteiger partial charge in [-0.2, -0.15) is 13.2 Å². The van der Waals surface area contributed by atoms with Crippen LogP contribution in [0.1, 0.15) is 77.7 Å². The van der Waals surface area contributed by atoms with E-state index in [-0.39, 0.29) is 5.92 Å². The van der Waals surface area contributed by atoms with Crippen molar-refractivity contribution in [2.24, 2.45) is 0 Å². The number of aromatic nitrogens is 1. The third kappa shape index (κ3) is 4.64. The molecule has 1 N–H and O–H groups in total. The zero-order valence-corrected chi connectivity index (χ0v) is 19.0. The Kier molecular flexibility index (Phi) is 6.52. The lowest BCUT2D eigenvalue weighted by atomic mass is 9.81. The second kappa shape index (κ2) is 9.07. The molecule has 1 aliphatic carbocycles. The zero-order valence-electron chi connectivity index (χ0n) is 18.3. The first-order valence-corrected chi connectivity index (χ1v) is 11.3. The van der Waals surface area contributed by atoms with Crippen LogP contribution in [0.2, 0.25) is 0 Å². The summed E-state index contributed by atoms with van der Waals surface area (Å²) in [6.07, 6.45) is -3.13. The largest absolute Gasteiger partial charge is 0.416 e. The predicted molar refractivity (Wildman–Crippen MR) is 121 cm³/mol. The van der Waals surface area contributed by atoms with Crippen LogP contribution in [0.4, 0.5) is 17.6 Å². The molecule has 33 heavy (non-hydrogen) atoms. The van der Waals surface area contributed by atoms with Gasteiger partial charge >= 0.3 is 6.18 Å². The topological polar surface area (TPSA) is 33.1 Å². The molecular formula is C26H24ClF4NO. The lowest BCUT2D eigenvalue weighted by molar-refractivity contribution is -0.137. The molecule has 0 saturated carbocycles. The second-order valence-electron chi connectivity index (χ2n) is 8.70. The predicted octanol–water partition coefficient (Wildman–Crippen LogP) is 7.73. The van der Waals surface area contributed by atoms with Gasteiger partial charge in [-0.05, 0) is 66.1 Å². The summed E-state index contributed by atoms with van der Waals surface area (Å²) in [5.41, 5.74) is 3.93. The van der Waals surface area contributed by atoms with E-state index in [1.165, 1.54) is 24.3 Å². The minimum Gasteiger partial charge on any atom is -0.388 e. The van der Waals surface area contributed by atoms with Crippen LogP contribution < -0.4 is 0 Å². The summed E-state index contributed by atoms with van der Waals surface area (Å²) in [4.78, 5) is 4.87. The number of benzene rings is 2. The number of halogens is 5. The van der Waals surface area contributed by atoms with Crippen molar-refractivity contribution in [3.8, 4) is 11.1 Å². The van der Waals surface area contributed by atoms with E-state index >= 15 is 0 Å². The average molecular weight is 478 g/mol. The Bertz CT molecular complexity index is 1140. The zero-order chi connectivity index (χ0) is 23.9. The van der Waals surface area contributed by atoms with E-state index in [4.69, 9.17) is 16.6 Å². The summed E-state index contributed by atoms with van der Waals surface area (Å²) >= 11 is 6.95. The first-order valence-electron chi connectivity index (χ1n) is 10.9. The standard InChI is InChI=1S/C26H24ClF4NO/c1-14(2)25-23(24(27)16-6-10-17(11-7-16)26(29,30)31)21(15-8-12-18(28)13-9-15)22-19(32-25)4-3-5-20(22)33/h6-14,20,24,33H,3-5H2,1-2H3. The summed E-state index contributed by atoms with van der Waals surface area (Å²) in [6, 6.07) is 10.7. The van der Waals surface area contributed by atoms with Gasteiger partial charge in [0, 0.05) is 22.5 Å². The van der Waals surface area contributed by atoms with E-state index in [0.717, 1.165) is 29.9 Å². The number of fused-ring (bicyclic) bond motifs is 1. The van der Waals surface area contributed by atoms with Gasteiger partial charge in [-0.25, -0.2) is 4.39 Å². The van der Waals surface area contributed by atoms with Crippen molar-refractivity contribution in [3.05, 3.63) is 88.0 Å². The number of hydrogen-bond acceptors (Lipinski definition) is 2. The maximum atomic E-state index is 13.7. The molecule has 0 spiro atoms. The number of alkyl halides is 4. The third-order valence-corrected chi connectivity index (χ3v) is 6.54. The molecule has 2 atom stereocenters. The molecule has 0 aliphatic heterocycles. The number of aliphatic hydroxyl groups is 1. The summed E-state index contributed by atoms with van der Waals surface area (Å²) in [5.74, 6) is -0.419. The molecular weight excluding hydrogens is 454 g/mol. The maximum absolute atomic E-state index is 13.7. The molecule has 1 heterocycles. The van der Waals surface area contributed by atoms with Crippen LogP contribution in [0.3, 0.4) is 0 Å². The molecule has 0 bridgehead atoms. The van der Waals surface area contributed by atoms with Gasteiger partial charge < -0.3 is 5.11 Å². The van der Waals surface area contributed by atoms with Gasteiger partial charge in [-0.3, -0.25) is 4.98 Å². The fourth-order valence-corrected chi connectivity index (χ4v) is 4.84. The van der Waals surface area contributed by atoms with E-state index in [1.54, 1.807) is 12.1 Å². The Hall–Kier alpha value is -2.44. The third-order valence-electron chi connectivity index (χ3n) is 6.07. The number of aryl methyl sites for hydroxylation is 1. The first kappa shape index (κ1) is 23.7. The maximum Gasteiger partial charge on any atom is 0.416 e. The smallest absolute Gasteiger partial charge is 0.388 e. The highest BCUT2D eigenvalue weighted by atomic mass is 35.5. The highest BCUT2D eigenvalue weighted by Gasteiger charge is 2.33. The van der Waals surface area contributed by atoms with E-state index in [0.29, 0.717) is 40.7 Å². The van der Waals surface area contributed by atoms with Crippen LogP contribution in [-0.4, -0.2) is 10.1 Å². The van der Waals surface area contributed by atoms with Crippen LogP contribution in [0.15, 0.2) is 48.5 Å². The van der Waals surface area contributed by atoms with Crippen molar-refractivity contribution in [1.29, 1.82) is 0 Å². The van der Waals surface area contributed by atoms with Gasteiger partial charge in [0.1, 0.15) is 5.82 Å². The SMILES string of the molecule is CC(C)c1nc2c(c(-c3ccc(F)cc3)c1C(Cl)c1ccc(C(F)(F)F)cc1)C(O)CCC2. The Morgan fingerprint density at radius 3 is 2.24 bits per heavy atom. The molecule has 0 amide bonds. The molecule has 174 valence electrons. The molecule has 0 fully saturated rings. The second-order valence-corrected chi connectivity index (χ2v) is 9.13. The van der Waals surface area contributed by atoms with Crippen molar-refractivity contribution in [1.82, 2.24) is 4.98 Å². The minimum absolute atomic E-state index is 0.0285. The van der Waals surface area contributed by atoms with E-state index in [9.17, 15) is 22.7 Å². The Morgan fingerprint density at radius 1 is 1.03 bits per heavy atom. The van der Waals surface area contributed by atoms with Gasteiger partial charge in [-0.1, -0.05) is 38.1 Å². The Morgan fingerprint density at radius 2 is 1.67 bits per heavy atom. The molecule has 2 aromatic carbocycles. The summed E-state index contributed by atoms with van der Waals surface area (Å²) < 4.78 is 52.9. The Balaban J connectivity index is 1.97. The molecule has 4 rings (SSSR count). The van der Waals surface area contributed by atoms with Gasteiger partial charge in [0.2, 0.25) is 0 Å². The summed E-state index contributed by atoms with van der Waals surface area (Å²) in [5, 5.41) is 10.1. The molecule has 0 saturated heterocycles. The normalized spacial score (nSPS) is 17.2. The van der Waals surface area contributed by atoms with Crippen LogP contribution >= 0.6 is 11.6 Å². The molecule has 0 radical (unpaired) electrons. The van der Waals surface area contributed by atoms with Crippen LogP contribution in [0.25, 0.3) is 11.1 Å². The van der Waals surface area contributed by atoms with Crippen molar-refractivity contribution >= 4 is 11.6 Å². The number of aliphatic hydroxyl groups excluding tert-OH is 1. The molecule has 2 unspecified atom stereocenters. The molecule has 2 nitrogen and oxygen atoms in total. The number of nitrogens with zero attached hydrogens (tertiary/aromatic N) is 1. The quantitative estimate of drug-likeness (QED) is 0.308. The summed E-state index contributed by atoms with van der Waals surface area (Å²) in [6.45, 7) is 3.95. The van der Waals surface area contributed by atoms with Crippen molar-refractivity contribution in [2.75, 3.05) is 0 Å².